The van der Waals surface area contributed by atoms with E-state index in [1.165, 1.54) is 23.5 Å². The number of halogens is 1. The lowest BCUT2D eigenvalue weighted by atomic mass is 10.1. The summed E-state index contributed by atoms with van der Waals surface area (Å²) in [7, 11) is -2.05. The van der Waals surface area contributed by atoms with Crippen LogP contribution in [0.5, 0.6) is 5.75 Å². The molecule has 1 aliphatic heterocycles. The van der Waals surface area contributed by atoms with Crippen LogP contribution < -0.4 is 4.74 Å². The first-order valence-corrected chi connectivity index (χ1v) is 10.8. The Hall–Kier alpha value is -1.90. The molecule has 0 saturated carbocycles. The molecule has 1 amide bonds. The van der Waals surface area contributed by atoms with Crippen molar-refractivity contribution in [3.63, 3.8) is 0 Å². The SMILES string of the molecule is COc1ccc(S(=O)(=O)N2CCN(C(=O)c3ccc(Br)cc3C)CC2)cc1. The van der Waals surface area contributed by atoms with Crippen molar-refractivity contribution in [1.29, 1.82) is 0 Å². The van der Waals surface area contributed by atoms with Gasteiger partial charge in [0, 0.05) is 36.2 Å². The van der Waals surface area contributed by atoms with Crippen LogP contribution in [0.15, 0.2) is 51.8 Å². The first-order chi connectivity index (χ1) is 12.8. The average molecular weight is 453 g/mol. The molecule has 0 radical (unpaired) electrons. The lowest BCUT2D eigenvalue weighted by Gasteiger charge is -2.34. The summed E-state index contributed by atoms with van der Waals surface area (Å²) >= 11 is 3.40. The molecule has 0 aliphatic carbocycles. The standard InChI is InChI=1S/C19H21BrN2O4S/c1-14-13-15(20)3-8-18(14)19(23)21-9-11-22(12-10-21)27(24,25)17-6-4-16(26-2)5-7-17/h3-8,13H,9-12H2,1-2H3. The zero-order chi connectivity index (χ0) is 19.6. The zero-order valence-corrected chi connectivity index (χ0v) is 17.6. The molecular formula is C19H21BrN2O4S. The van der Waals surface area contributed by atoms with E-state index in [1.54, 1.807) is 23.1 Å². The van der Waals surface area contributed by atoms with E-state index in [0.717, 1.165) is 10.0 Å². The Morgan fingerprint density at radius 2 is 1.67 bits per heavy atom. The molecular weight excluding hydrogens is 432 g/mol. The van der Waals surface area contributed by atoms with Gasteiger partial charge in [-0.2, -0.15) is 4.31 Å². The van der Waals surface area contributed by atoms with Crippen molar-refractivity contribution in [2.75, 3.05) is 33.3 Å². The Kier molecular flexibility index (Phi) is 5.88. The van der Waals surface area contributed by atoms with E-state index in [2.05, 4.69) is 15.9 Å². The number of hydrogen-bond donors (Lipinski definition) is 0. The average Bonchev–Trinajstić information content (AvgIpc) is 2.67. The van der Waals surface area contributed by atoms with Crippen molar-refractivity contribution < 1.29 is 17.9 Å². The molecule has 2 aromatic rings. The van der Waals surface area contributed by atoms with Gasteiger partial charge in [-0.15, -0.1) is 0 Å². The highest BCUT2D eigenvalue weighted by Gasteiger charge is 2.30. The van der Waals surface area contributed by atoms with Crippen LogP contribution in [-0.4, -0.2) is 56.8 Å². The summed E-state index contributed by atoms with van der Waals surface area (Å²) in [4.78, 5) is 14.7. The molecule has 1 saturated heterocycles. The van der Waals surface area contributed by atoms with Crippen LogP contribution in [0.3, 0.4) is 0 Å². The Bertz CT molecular complexity index is 937. The number of aryl methyl sites for hydroxylation is 1. The van der Waals surface area contributed by atoms with Crippen molar-refractivity contribution in [3.8, 4) is 5.75 Å². The molecule has 6 nitrogen and oxygen atoms in total. The van der Waals surface area contributed by atoms with Crippen LogP contribution in [0.4, 0.5) is 0 Å². The number of methoxy groups -OCH3 is 1. The van der Waals surface area contributed by atoms with Gasteiger partial charge in [-0.25, -0.2) is 8.42 Å². The number of piperazine rings is 1. The second-order valence-corrected chi connectivity index (χ2v) is 9.18. The maximum Gasteiger partial charge on any atom is 0.254 e. The number of rotatable bonds is 4. The lowest BCUT2D eigenvalue weighted by molar-refractivity contribution is 0.0697. The smallest absolute Gasteiger partial charge is 0.254 e. The van der Waals surface area contributed by atoms with Crippen LogP contribution in [0.25, 0.3) is 0 Å². The Labute approximate surface area is 167 Å². The summed E-state index contributed by atoms with van der Waals surface area (Å²) in [6.07, 6.45) is 0. The molecule has 144 valence electrons. The number of ether oxygens (including phenoxy) is 1. The number of carbonyl (C=O) groups excluding carboxylic acids is 1. The van der Waals surface area contributed by atoms with Gasteiger partial charge in [0.2, 0.25) is 10.0 Å². The number of benzene rings is 2. The molecule has 0 atom stereocenters. The van der Waals surface area contributed by atoms with Crippen LogP contribution in [-0.2, 0) is 10.0 Å². The third-order valence-electron chi connectivity index (χ3n) is 4.64. The molecule has 1 aliphatic rings. The van der Waals surface area contributed by atoms with Crippen LogP contribution in [0, 0.1) is 6.92 Å². The first-order valence-electron chi connectivity index (χ1n) is 8.52. The van der Waals surface area contributed by atoms with Crippen LogP contribution >= 0.6 is 15.9 Å². The maximum absolute atomic E-state index is 12.8. The van der Waals surface area contributed by atoms with Gasteiger partial charge in [-0.3, -0.25) is 4.79 Å². The minimum atomic E-state index is -3.58. The Morgan fingerprint density at radius 3 is 2.22 bits per heavy atom. The summed E-state index contributed by atoms with van der Waals surface area (Å²) in [6, 6.07) is 11.9. The van der Waals surface area contributed by atoms with E-state index in [4.69, 9.17) is 4.74 Å². The number of carbonyl (C=O) groups is 1. The van der Waals surface area contributed by atoms with Gasteiger partial charge in [-0.1, -0.05) is 15.9 Å². The Balaban J connectivity index is 1.69. The molecule has 8 heteroatoms. The molecule has 1 fully saturated rings. The minimum absolute atomic E-state index is 0.0681. The highest BCUT2D eigenvalue weighted by Crippen LogP contribution is 2.22. The van der Waals surface area contributed by atoms with Crippen molar-refractivity contribution in [2.45, 2.75) is 11.8 Å². The summed E-state index contributed by atoms with van der Waals surface area (Å²) in [5.41, 5.74) is 1.53. The normalized spacial score (nSPS) is 15.6. The predicted octanol–water partition coefficient (Wildman–Crippen LogP) is 2.91. The fraction of sp³-hybridized carbons (Fsp3) is 0.316. The third-order valence-corrected chi connectivity index (χ3v) is 7.05. The van der Waals surface area contributed by atoms with Gasteiger partial charge in [0.15, 0.2) is 0 Å². The molecule has 0 bridgehead atoms. The van der Waals surface area contributed by atoms with Gasteiger partial charge in [0.05, 0.1) is 12.0 Å². The molecule has 1 heterocycles. The molecule has 0 spiro atoms. The highest BCUT2D eigenvalue weighted by molar-refractivity contribution is 9.10. The van der Waals surface area contributed by atoms with Crippen LogP contribution in [0.1, 0.15) is 15.9 Å². The fourth-order valence-corrected chi connectivity index (χ4v) is 4.96. The van der Waals surface area contributed by atoms with E-state index >= 15 is 0 Å². The van der Waals surface area contributed by atoms with Gasteiger partial charge in [-0.05, 0) is 55.0 Å². The van der Waals surface area contributed by atoms with Gasteiger partial charge in [0.1, 0.15) is 5.75 Å². The summed E-state index contributed by atoms with van der Waals surface area (Å²) in [5.74, 6) is 0.538. The minimum Gasteiger partial charge on any atom is -0.497 e. The van der Waals surface area contributed by atoms with Crippen molar-refractivity contribution in [3.05, 3.63) is 58.1 Å². The molecule has 3 rings (SSSR count). The fourth-order valence-electron chi connectivity index (χ4n) is 3.07. The topological polar surface area (TPSA) is 66.9 Å². The number of sulfonamides is 1. The Morgan fingerprint density at radius 1 is 1.04 bits per heavy atom. The maximum atomic E-state index is 12.8. The van der Waals surface area contributed by atoms with Gasteiger partial charge in [0.25, 0.3) is 5.91 Å². The zero-order valence-electron chi connectivity index (χ0n) is 15.2. The quantitative estimate of drug-likeness (QED) is 0.714. The van der Waals surface area contributed by atoms with E-state index in [-0.39, 0.29) is 23.9 Å². The molecule has 2 aromatic carbocycles. The van der Waals surface area contributed by atoms with Gasteiger partial charge >= 0.3 is 0 Å². The van der Waals surface area contributed by atoms with E-state index < -0.39 is 10.0 Å². The van der Waals surface area contributed by atoms with E-state index in [9.17, 15) is 13.2 Å². The van der Waals surface area contributed by atoms with Crippen molar-refractivity contribution in [1.82, 2.24) is 9.21 Å². The second kappa shape index (κ2) is 8.00. The van der Waals surface area contributed by atoms with Crippen molar-refractivity contribution >= 4 is 31.9 Å². The van der Waals surface area contributed by atoms with Gasteiger partial charge < -0.3 is 9.64 Å². The van der Waals surface area contributed by atoms with E-state index in [0.29, 0.717) is 24.4 Å². The molecule has 0 unspecified atom stereocenters. The molecule has 0 N–H and O–H groups in total. The highest BCUT2D eigenvalue weighted by atomic mass is 79.9. The van der Waals surface area contributed by atoms with Crippen LogP contribution in [0.2, 0.25) is 0 Å². The second-order valence-electron chi connectivity index (χ2n) is 6.33. The summed E-state index contributed by atoms with van der Waals surface area (Å²) in [5, 5.41) is 0. The molecule has 0 aromatic heterocycles. The predicted molar refractivity (Wildman–Crippen MR) is 107 cm³/mol. The van der Waals surface area contributed by atoms with Crippen molar-refractivity contribution in [2.24, 2.45) is 0 Å². The largest absolute Gasteiger partial charge is 0.497 e. The summed E-state index contributed by atoms with van der Waals surface area (Å²) in [6.45, 7) is 3.17. The number of amides is 1. The monoisotopic (exact) mass is 452 g/mol. The lowest BCUT2D eigenvalue weighted by Crippen LogP contribution is -2.50. The van der Waals surface area contributed by atoms with E-state index in [1.807, 2.05) is 19.1 Å². The molecule has 27 heavy (non-hydrogen) atoms. The first kappa shape index (κ1) is 19.9. The third kappa shape index (κ3) is 4.17. The summed E-state index contributed by atoms with van der Waals surface area (Å²) < 4.78 is 33.0. The number of hydrogen-bond acceptors (Lipinski definition) is 4. The number of nitrogens with zero attached hydrogens (tertiary/aromatic N) is 2.